The summed E-state index contributed by atoms with van der Waals surface area (Å²) < 4.78 is 40.9. The van der Waals surface area contributed by atoms with E-state index < -0.39 is 111 Å². The van der Waals surface area contributed by atoms with Gasteiger partial charge in [-0.3, -0.25) is 19.2 Å². The first-order valence-corrected chi connectivity index (χ1v) is 10.3. The van der Waals surface area contributed by atoms with E-state index in [4.69, 9.17) is 5.73 Å². The average Bonchev–Trinajstić information content (AvgIpc) is 2.72. The van der Waals surface area contributed by atoms with Gasteiger partial charge in [0.1, 0.15) is 22.8 Å². The number of halogens is 3. The molecule has 0 aromatic heterocycles. The fourth-order valence-electron chi connectivity index (χ4n) is 5.33. The number of Topliss-reactive ketones (excluding diaryl/α,β-unsaturated/α-hetero) is 2. The van der Waals surface area contributed by atoms with E-state index in [1.807, 2.05) is 0 Å². The largest absolute Gasteiger partial charge is 0.509 e. The molecule has 0 bridgehead atoms. The molecule has 4 rings (SSSR count). The van der Waals surface area contributed by atoms with Crippen molar-refractivity contribution < 1.29 is 52.8 Å². The van der Waals surface area contributed by atoms with Crippen molar-refractivity contribution >= 4 is 23.4 Å². The Morgan fingerprint density at radius 1 is 1.17 bits per heavy atom. The average molecular weight is 496 g/mol. The Morgan fingerprint density at radius 2 is 1.80 bits per heavy atom. The van der Waals surface area contributed by atoms with Gasteiger partial charge < -0.3 is 31.5 Å². The lowest BCUT2D eigenvalue weighted by atomic mass is 9.58. The Hall–Kier alpha value is -3.87. The number of amides is 2. The minimum atomic E-state index is -4.88. The normalized spacial score (nSPS) is 28.3. The maximum atomic E-state index is 13.6. The molecule has 10 nitrogen and oxygen atoms in total. The van der Waals surface area contributed by atoms with Crippen LogP contribution in [0.5, 0.6) is 5.75 Å². The highest BCUT2D eigenvalue weighted by molar-refractivity contribution is 6.24. The van der Waals surface area contributed by atoms with Crippen LogP contribution in [0.25, 0.3) is 0 Å². The topological polar surface area (TPSA) is 187 Å². The fourth-order valence-corrected chi connectivity index (χ4v) is 5.33. The van der Waals surface area contributed by atoms with Gasteiger partial charge in [0, 0.05) is 18.4 Å². The summed E-state index contributed by atoms with van der Waals surface area (Å²) in [5.74, 6) is -10.8. The molecular formula is C22H19F3N2O8. The molecule has 1 aromatic carbocycles. The number of carbonyl (C=O) groups excluding carboxylic acids is 4. The van der Waals surface area contributed by atoms with Gasteiger partial charge in [-0.25, -0.2) is 0 Å². The number of aromatic hydroxyl groups is 1. The van der Waals surface area contributed by atoms with E-state index >= 15 is 0 Å². The van der Waals surface area contributed by atoms with Crippen molar-refractivity contribution in [1.82, 2.24) is 5.32 Å². The fraction of sp³-hybridized carbons (Fsp3) is 0.364. The van der Waals surface area contributed by atoms with Crippen molar-refractivity contribution in [3.63, 3.8) is 0 Å². The minimum absolute atomic E-state index is 0.458. The van der Waals surface area contributed by atoms with Gasteiger partial charge in [0.15, 0.2) is 11.4 Å². The van der Waals surface area contributed by atoms with Crippen molar-refractivity contribution in [1.29, 1.82) is 0 Å². The maximum Gasteiger partial charge on any atom is 0.416 e. The number of phenols is 1. The van der Waals surface area contributed by atoms with Gasteiger partial charge in [-0.2, -0.15) is 13.2 Å². The third-order valence-electron chi connectivity index (χ3n) is 6.75. The van der Waals surface area contributed by atoms with E-state index in [1.54, 1.807) is 0 Å². The number of aliphatic hydroxyl groups is 3. The number of phenolic OH excluding ortho intramolecular Hbond substituents is 1. The molecule has 0 heterocycles. The molecule has 1 aromatic rings. The van der Waals surface area contributed by atoms with Crippen molar-refractivity contribution in [3.8, 4) is 5.75 Å². The summed E-state index contributed by atoms with van der Waals surface area (Å²) in [4.78, 5) is 49.9. The van der Waals surface area contributed by atoms with Gasteiger partial charge in [0.25, 0.3) is 5.91 Å². The van der Waals surface area contributed by atoms with Crippen LogP contribution in [0.1, 0.15) is 34.8 Å². The molecule has 0 unspecified atom stereocenters. The molecule has 7 N–H and O–H groups in total. The van der Waals surface area contributed by atoms with E-state index in [0.29, 0.717) is 12.1 Å². The predicted molar refractivity (Wildman–Crippen MR) is 109 cm³/mol. The van der Waals surface area contributed by atoms with Crippen molar-refractivity contribution in [2.75, 3.05) is 0 Å². The van der Waals surface area contributed by atoms with Gasteiger partial charge in [0.05, 0.1) is 17.2 Å². The van der Waals surface area contributed by atoms with E-state index in [9.17, 15) is 52.8 Å². The number of nitrogens with one attached hydrogen (secondary N) is 1. The Bertz CT molecular complexity index is 1280. The summed E-state index contributed by atoms with van der Waals surface area (Å²) in [5, 5.41) is 45.3. The van der Waals surface area contributed by atoms with Crippen LogP contribution in [0.3, 0.4) is 0 Å². The van der Waals surface area contributed by atoms with E-state index in [1.165, 1.54) is 0 Å². The van der Waals surface area contributed by atoms with Gasteiger partial charge in [0.2, 0.25) is 11.7 Å². The van der Waals surface area contributed by atoms with Crippen LogP contribution in [-0.4, -0.2) is 55.4 Å². The molecule has 4 atom stereocenters. The van der Waals surface area contributed by atoms with Gasteiger partial charge in [-0.1, -0.05) is 0 Å². The number of fused-ring (bicyclic) bond motifs is 3. The van der Waals surface area contributed by atoms with Crippen molar-refractivity contribution in [2.24, 2.45) is 17.6 Å². The number of allylic oxidation sites excluding steroid dienone is 1. The van der Waals surface area contributed by atoms with E-state index in [2.05, 4.69) is 5.32 Å². The number of ketones is 2. The summed E-state index contributed by atoms with van der Waals surface area (Å²) in [6.07, 6.45) is -5.86. The lowest BCUT2D eigenvalue weighted by Gasteiger charge is -2.48. The summed E-state index contributed by atoms with van der Waals surface area (Å²) in [7, 11) is 0. The number of alkyl halides is 3. The molecule has 0 saturated heterocycles. The Kier molecular flexibility index (Phi) is 5.24. The van der Waals surface area contributed by atoms with Gasteiger partial charge >= 0.3 is 6.18 Å². The minimum Gasteiger partial charge on any atom is -0.509 e. The number of aliphatic hydroxyl groups excluding tert-OH is 2. The first-order chi connectivity index (χ1) is 16.1. The Balaban J connectivity index is 1.97. The summed E-state index contributed by atoms with van der Waals surface area (Å²) >= 11 is 0. The van der Waals surface area contributed by atoms with Crippen LogP contribution >= 0.6 is 0 Å². The van der Waals surface area contributed by atoms with Crippen LogP contribution in [0, 0.1) is 11.8 Å². The number of carbonyl (C=O) groups is 4. The maximum absolute atomic E-state index is 13.6. The van der Waals surface area contributed by atoms with E-state index in [-0.39, 0.29) is 0 Å². The molecule has 0 spiro atoms. The summed E-state index contributed by atoms with van der Waals surface area (Å²) in [6, 6.07) is -0.362. The van der Waals surface area contributed by atoms with E-state index in [0.717, 1.165) is 6.92 Å². The highest BCUT2D eigenvalue weighted by Crippen LogP contribution is 2.52. The highest BCUT2D eigenvalue weighted by atomic mass is 19.4. The molecule has 0 radical (unpaired) electrons. The quantitative estimate of drug-likeness (QED) is 0.323. The molecule has 35 heavy (non-hydrogen) atoms. The third-order valence-corrected chi connectivity index (χ3v) is 6.75. The van der Waals surface area contributed by atoms with Crippen molar-refractivity contribution in [3.05, 3.63) is 51.5 Å². The number of hydrogen-bond donors (Lipinski definition) is 6. The Morgan fingerprint density at radius 3 is 2.34 bits per heavy atom. The van der Waals surface area contributed by atoms with Gasteiger partial charge in [-0.15, -0.1) is 0 Å². The molecule has 3 aliphatic carbocycles. The number of rotatable bonds is 2. The van der Waals surface area contributed by atoms with Crippen LogP contribution < -0.4 is 11.1 Å². The zero-order valence-electron chi connectivity index (χ0n) is 17.9. The standard InChI is InChI=1S/C22H19F3N2O8/c1-6(28)27-15-10-5-7-4-8-9(22(23,24)25)2-3-11(29)13(8)16(30)12(7)18(32)21(10,35)19(33)14(17(15)31)20(26)34/h2-3,7,10,15,29,31-32,35H,4-5H2,1H3,(H2,26,34)(H,27,28)/t7-,10-,15-,21-/m0/s1. The molecule has 13 heteroatoms. The first kappa shape index (κ1) is 24.3. The molecule has 0 aliphatic heterocycles. The van der Waals surface area contributed by atoms with Crippen LogP contribution in [0.2, 0.25) is 0 Å². The SMILES string of the molecule is CC(=O)N[C@@H]1C(O)=C(C(N)=O)C(=O)[C@@]2(O)C(O)=C3C(=O)c4c(O)ccc(C(F)(F)F)c4C[C@H]3C[C@@H]12. The molecule has 2 amide bonds. The van der Waals surface area contributed by atoms with Crippen LogP contribution in [0.4, 0.5) is 13.2 Å². The molecular weight excluding hydrogens is 477 g/mol. The third kappa shape index (κ3) is 3.29. The second-order valence-corrected chi connectivity index (χ2v) is 8.72. The molecule has 0 saturated carbocycles. The second-order valence-electron chi connectivity index (χ2n) is 8.72. The number of hydrogen-bond acceptors (Lipinski definition) is 8. The lowest BCUT2D eigenvalue weighted by molar-refractivity contribution is -0.147. The van der Waals surface area contributed by atoms with Gasteiger partial charge in [-0.05, 0) is 36.5 Å². The zero-order valence-corrected chi connectivity index (χ0v) is 17.9. The Labute approximate surface area is 194 Å². The molecule has 186 valence electrons. The molecule has 0 fully saturated rings. The van der Waals surface area contributed by atoms with Crippen LogP contribution in [0.15, 0.2) is 34.8 Å². The highest BCUT2D eigenvalue weighted by Gasteiger charge is 2.63. The van der Waals surface area contributed by atoms with Crippen LogP contribution in [-0.2, 0) is 27.0 Å². The monoisotopic (exact) mass is 496 g/mol. The van der Waals surface area contributed by atoms with Crippen molar-refractivity contribution in [2.45, 2.75) is 37.6 Å². The smallest absolute Gasteiger partial charge is 0.416 e. The summed E-state index contributed by atoms with van der Waals surface area (Å²) in [6.45, 7) is 1.02. The summed E-state index contributed by atoms with van der Waals surface area (Å²) in [5.41, 5.74) is -2.05. The predicted octanol–water partition coefficient (Wildman–Crippen LogP) is 0.714. The number of nitrogens with two attached hydrogens (primary N) is 1. The number of benzene rings is 1. The number of primary amides is 1. The zero-order chi connectivity index (χ0) is 26.2. The lowest BCUT2D eigenvalue weighted by Crippen LogP contribution is -2.64. The first-order valence-electron chi connectivity index (χ1n) is 10.3. The second kappa shape index (κ2) is 7.57. The molecule has 3 aliphatic rings.